The Labute approximate surface area is 56.9 Å². The molecule has 0 saturated heterocycles. The fraction of sp³-hybridized carbons (Fsp3) is 0.200. The Morgan fingerprint density at radius 3 is 2.89 bits per heavy atom. The van der Waals surface area contributed by atoms with Gasteiger partial charge in [0.15, 0.2) is 5.44 Å². The number of aromatic amines is 1. The second kappa shape index (κ2) is 2.91. The van der Waals surface area contributed by atoms with Gasteiger partial charge in [0, 0.05) is 18.2 Å². The van der Waals surface area contributed by atoms with Gasteiger partial charge in [0.2, 0.25) is 0 Å². The van der Waals surface area contributed by atoms with Gasteiger partial charge in [0.25, 0.3) is 0 Å². The Hall–Kier alpha value is -0.450. The molecule has 3 N–H and O–H groups in total. The van der Waals surface area contributed by atoms with Gasteiger partial charge < -0.3 is 14.6 Å². The Morgan fingerprint density at radius 1 is 1.67 bits per heavy atom. The van der Waals surface area contributed by atoms with Gasteiger partial charge in [-0.3, -0.25) is 0 Å². The molecular weight excluding hydrogens is 138 g/mol. The zero-order chi connectivity index (χ0) is 6.69. The average Bonchev–Trinajstić information content (AvgIpc) is 2.37. The molecule has 50 valence electrons. The predicted molar refractivity (Wildman–Crippen MR) is 36.0 cm³/mol. The van der Waals surface area contributed by atoms with Crippen LogP contribution in [-0.4, -0.2) is 14.6 Å². The molecule has 1 unspecified atom stereocenters. The van der Waals surface area contributed by atoms with Crippen LogP contribution in [0.25, 0.3) is 0 Å². The minimum absolute atomic E-state index is 0.407. The van der Waals surface area contributed by atoms with Crippen molar-refractivity contribution in [3.8, 4) is 0 Å². The molecule has 0 aliphatic rings. The summed E-state index contributed by atoms with van der Waals surface area (Å²) in [5, 5.41) is 8.90. The summed E-state index contributed by atoms with van der Waals surface area (Å²) in [6, 6.07) is 3.46. The van der Waals surface area contributed by atoms with E-state index in [0.29, 0.717) is 17.7 Å². The SMILES string of the molecule is OSC(O)c1ccc[nH]1. The van der Waals surface area contributed by atoms with Crippen LogP contribution < -0.4 is 0 Å². The maximum atomic E-state index is 8.90. The van der Waals surface area contributed by atoms with Crippen molar-refractivity contribution in [3.05, 3.63) is 24.0 Å². The Kier molecular flexibility index (Phi) is 2.16. The predicted octanol–water partition coefficient (Wildman–Crippen LogP) is 1.21. The maximum Gasteiger partial charge on any atom is 0.164 e. The van der Waals surface area contributed by atoms with Crippen molar-refractivity contribution in [2.75, 3.05) is 0 Å². The van der Waals surface area contributed by atoms with Gasteiger partial charge in [-0.15, -0.1) is 0 Å². The molecule has 1 heterocycles. The molecule has 1 atom stereocenters. The first kappa shape index (κ1) is 6.67. The molecule has 0 aromatic carbocycles. The van der Waals surface area contributed by atoms with E-state index in [-0.39, 0.29) is 0 Å². The lowest BCUT2D eigenvalue weighted by atomic mass is 10.5. The summed E-state index contributed by atoms with van der Waals surface area (Å²) in [4.78, 5) is 2.76. The highest BCUT2D eigenvalue weighted by Gasteiger charge is 2.05. The molecule has 0 saturated carbocycles. The van der Waals surface area contributed by atoms with Crippen molar-refractivity contribution >= 4 is 12.0 Å². The van der Waals surface area contributed by atoms with Gasteiger partial charge in [-0.2, -0.15) is 0 Å². The first-order valence-corrected chi connectivity index (χ1v) is 3.30. The summed E-state index contributed by atoms with van der Waals surface area (Å²) >= 11 is 0.407. The molecule has 4 heteroatoms. The fourth-order valence-electron chi connectivity index (χ4n) is 0.555. The van der Waals surface area contributed by atoms with Gasteiger partial charge in [-0.05, 0) is 12.1 Å². The first-order valence-electron chi connectivity index (χ1n) is 2.46. The molecule has 1 aromatic heterocycles. The molecule has 0 amide bonds. The van der Waals surface area contributed by atoms with Gasteiger partial charge >= 0.3 is 0 Å². The van der Waals surface area contributed by atoms with Crippen molar-refractivity contribution in [3.63, 3.8) is 0 Å². The van der Waals surface area contributed by atoms with E-state index in [9.17, 15) is 0 Å². The molecule has 1 aromatic rings. The van der Waals surface area contributed by atoms with Gasteiger partial charge in [-0.1, -0.05) is 0 Å². The normalized spacial score (nSPS) is 13.6. The molecule has 3 nitrogen and oxygen atoms in total. The molecule has 0 bridgehead atoms. The molecular formula is C5H7NO2S. The fourth-order valence-corrected chi connectivity index (χ4v) is 0.815. The zero-order valence-electron chi connectivity index (χ0n) is 4.61. The zero-order valence-corrected chi connectivity index (χ0v) is 5.43. The van der Waals surface area contributed by atoms with E-state index in [1.54, 1.807) is 18.3 Å². The third-order valence-corrected chi connectivity index (χ3v) is 1.44. The van der Waals surface area contributed by atoms with E-state index >= 15 is 0 Å². The molecule has 1 rings (SSSR count). The van der Waals surface area contributed by atoms with E-state index in [0.717, 1.165) is 0 Å². The number of rotatable bonds is 2. The quantitative estimate of drug-likeness (QED) is 0.433. The van der Waals surface area contributed by atoms with Crippen LogP contribution in [0.2, 0.25) is 0 Å². The monoisotopic (exact) mass is 145 g/mol. The van der Waals surface area contributed by atoms with Gasteiger partial charge in [0.05, 0.1) is 5.69 Å². The van der Waals surface area contributed by atoms with Crippen LogP contribution in [0.5, 0.6) is 0 Å². The molecule has 0 fully saturated rings. The number of aliphatic hydroxyl groups is 1. The second-order valence-corrected chi connectivity index (χ2v) is 2.24. The van der Waals surface area contributed by atoms with Crippen LogP contribution >= 0.6 is 12.0 Å². The van der Waals surface area contributed by atoms with E-state index < -0.39 is 5.44 Å². The van der Waals surface area contributed by atoms with E-state index in [2.05, 4.69) is 4.98 Å². The Balaban J connectivity index is 2.65. The average molecular weight is 145 g/mol. The summed E-state index contributed by atoms with van der Waals surface area (Å²) in [6.07, 6.45) is 1.69. The van der Waals surface area contributed by atoms with Gasteiger partial charge in [-0.25, -0.2) is 0 Å². The Bertz CT molecular complexity index is 163. The van der Waals surface area contributed by atoms with Crippen LogP contribution in [0.15, 0.2) is 18.3 Å². The largest absolute Gasteiger partial charge is 0.374 e. The highest BCUT2D eigenvalue weighted by Crippen LogP contribution is 2.19. The number of H-pyrrole nitrogens is 1. The molecule has 0 spiro atoms. The maximum absolute atomic E-state index is 8.90. The summed E-state index contributed by atoms with van der Waals surface area (Å²) in [6.45, 7) is 0. The third kappa shape index (κ3) is 1.48. The van der Waals surface area contributed by atoms with E-state index in [1.807, 2.05) is 0 Å². The topological polar surface area (TPSA) is 56.2 Å². The number of aromatic nitrogens is 1. The Morgan fingerprint density at radius 2 is 2.44 bits per heavy atom. The van der Waals surface area contributed by atoms with Crippen LogP contribution in [0.3, 0.4) is 0 Å². The summed E-state index contributed by atoms with van der Waals surface area (Å²) in [5.74, 6) is 0. The summed E-state index contributed by atoms with van der Waals surface area (Å²) in [7, 11) is 0. The van der Waals surface area contributed by atoms with Crippen molar-refractivity contribution in [2.24, 2.45) is 0 Å². The van der Waals surface area contributed by atoms with E-state index in [1.165, 1.54) is 0 Å². The number of nitrogens with one attached hydrogen (secondary N) is 1. The lowest BCUT2D eigenvalue weighted by molar-refractivity contribution is 0.258. The molecule has 9 heavy (non-hydrogen) atoms. The van der Waals surface area contributed by atoms with Crippen molar-refractivity contribution < 1.29 is 9.66 Å². The van der Waals surface area contributed by atoms with Gasteiger partial charge in [0.1, 0.15) is 0 Å². The molecule has 0 aliphatic carbocycles. The smallest absolute Gasteiger partial charge is 0.164 e. The van der Waals surface area contributed by atoms with Crippen molar-refractivity contribution in [2.45, 2.75) is 5.44 Å². The number of aliphatic hydroxyl groups excluding tert-OH is 1. The van der Waals surface area contributed by atoms with Crippen LogP contribution in [0.4, 0.5) is 0 Å². The lowest BCUT2D eigenvalue weighted by Crippen LogP contribution is -1.89. The lowest BCUT2D eigenvalue weighted by Gasteiger charge is -2.00. The van der Waals surface area contributed by atoms with Crippen LogP contribution in [0, 0.1) is 0 Å². The number of hydrogen-bond acceptors (Lipinski definition) is 3. The van der Waals surface area contributed by atoms with Crippen molar-refractivity contribution in [1.29, 1.82) is 0 Å². The number of hydrogen-bond donors (Lipinski definition) is 3. The highest BCUT2D eigenvalue weighted by molar-refractivity contribution is 7.93. The second-order valence-electron chi connectivity index (χ2n) is 1.58. The molecule has 0 radical (unpaired) electrons. The van der Waals surface area contributed by atoms with Crippen LogP contribution in [-0.2, 0) is 0 Å². The highest BCUT2D eigenvalue weighted by atomic mass is 32.2. The molecule has 0 aliphatic heterocycles. The van der Waals surface area contributed by atoms with E-state index in [4.69, 9.17) is 9.66 Å². The summed E-state index contributed by atoms with van der Waals surface area (Å²) < 4.78 is 8.35. The summed E-state index contributed by atoms with van der Waals surface area (Å²) in [5.41, 5.74) is -0.234. The first-order chi connectivity index (χ1) is 4.34. The van der Waals surface area contributed by atoms with Crippen molar-refractivity contribution in [1.82, 2.24) is 4.98 Å². The minimum Gasteiger partial charge on any atom is -0.374 e. The van der Waals surface area contributed by atoms with Crippen LogP contribution in [0.1, 0.15) is 11.1 Å². The standard InChI is InChI=1S/C5H7NO2S/c7-5(9-8)4-2-1-3-6-4/h1-3,5-8H. The minimum atomic E-state index is -0.847. The third-order valence-electron chi connectivity index (χ3n) is 0.988.